The van der Waals surface area contributed by atoms with E-state index in [1.165, 1.54) is 26.1 Å². The molecule has 18 heavy (non-hydrogen) atoms. The van der Waals surface area contributed by atoms with E-state index in [4.69, 9.17) is 0 Å². The lowest BCUT2D eigenvalue weighted by Gasteiger charge is -2.27. The molecule has 3 heterocycles. The minimum Gasteiger partial charge on any atom is -0.303 e. The Morgan fingerprint density at radius 3 is 3.17 bits per heavy atom. The Hall–Kier alpha value is -0.360. The molecule has 3 rings (SSSR count). The zero-order chi connectivity index (χ0) is 12.5. The normalized spacial score (nSPS) is 23.0. The van der Waals surface area contributed by atoms with Crippen molar-refractivity contribution in [3.05, 3.63) is 33.1 Å². The fourth-order valence-corrected chi connectivity index (χ4v) is 5.54. The predicted molar refractivity (Wildman–Crippen MR) is 80.7 cm³/mol. The van der Waals surface area contributed by atoms with E-state index in [1.54, 1.807) is 11.3 Å². The molecular formula is C13H16N2S3. The molecule has 2 aromatic heterocycles. The van der Waals surface area contributed by atoms with Crippen LogP contribution in [-0.4, -0.2) is 10.2 Å². The lowest BCUT2D eigenvalue weighted by atomic mass is 10.1. The topological polar surface area (TPSA) is 24.9 Å². The molecular weight excluding hydrogens is 280 g/mol. The minimum absolute atomic E-state index is 0.492. The minimum atomic E-state index is 0.492. The molecule has 0 bridgehead atoms. The Morgan fingerprint density at radius 2 is 2.39 bits per heavy atom. The monoisotopic (exact) mass is 296 g/mol. The summed E-state index contributed by atoms with van der Waals surface area (Å²) >= 11 is 5.67. The molecule has 5 heteroatoms. The molecule has 0 radical (unpaired) electrons. The van der Waals surface area contributed by atoms with Gasteiger partial charge in [-0.05, 0) is 30.4 Å². The van der Waals surface area contributed by atoms with Gasteiger partial charge in [-0.3, -0.25) is 0 Å². The van der Waals surface area contributed by atoms with E-state index in [1.807, 2.05) is 29.3 Å². The first-order chi connectivity index (χ1) is 8.72. The van der Waals surface area contributed by atoms with Gasteiger partial charge in [0, 0.05) is 28.9 Å². The summed E-state index contributed by atoms with van der Waals surface area (Å²) in [4.78, 5) is 5.70. The first kappa shape index (κ1) is 12.7. The van der Waals surface area contributed by atoms with Crippen LogP contribution in [0.15, 0.2) is 21.9 Å². The largest absolute Gasteiger partial charge is 0.303 e. The average Bonchev–Trinajstić information content (AvgIpc) is 2.94. The number of thiophene rings is 1. The summed E-state index contributed by atoms with van der Waals surface area (Å²) in [6.45, 7) is 5.31. The maximum Gasteiger partial charge on any atom is 0.107 e. The van der Waals surface area contributed by atoms with Crippen molar-refractivity contribution < 1.29 is 0 Å². The van der Waals surface area contributed by atoms with Gasteiger partial charge in [0.15, 0.2) is 0 Å². The molecule has 0 fully saturated rings. The number of aryl methyl sites for hydroxylation is 1. The Bertz CT molecular complexity index is 532. The Kier molecular flexibility index (Phi) is 3.75. The average molecular weight is 296 g/mol. The summed E-state index contributed by atoms with van der Waals surface area (Å²) in [7, 11) is 0. The van der Waals surface area contributed by atoms with Crippen LogP contribution in [0.1, 0.15) is 34.8 Å². The van der Waals surface area contributed by atoms with Crippen molar-refractivity contribution in [3.8, 4) is 0 Å². The van der Waals surface area contributed by atoms with Crippen molar-refractivity contribution in [1.82, 2.24) is 10.3 Å². The van der Waals surface area contributed by atoms with Crippen LogP contribution in [0.3, 0.4) is 0 Å². The first-order valence-electron chi connectivity index (χ1n) is 6.11. The lowest BCUT2D eigenvalue weighted by molar-refractivity contribution is 0.487. The van der Waals surface area contributed by atoms with E-state index in [2.05, 4.69) is 35.6 Å². The number of thiazole rings is 1. The number of fused-ring (bicyclic) bond motifs is 1. The van der Waals surface area contributed by atoms with Crippen LogP contribution in [0.5, 0.6) is 0 Å². The number of hydrogen-bond donors (Lipinski definition) is 1. The highest BCUT2D eigenvalue weighted by molar-refractivity contribution is 8.01. The number of aromatic nitrogens is 1. The SMILES string of the molecule is Cc1cnc(CNC2C[C@H](C)Sc3sccc32)s1. The van der Waals surface area contributed by atoms with Gasteiger partial charge in [0.2, 0.25) is 0 Å². The summed E-state index contributed by atoms with van der Waals surface area (Å²) < 4.78 is 1.49. The fraction of sp³-hybridized carbons (Fsp3) is 0.462. The third-order valence-corrected chi connectivity index (χ3v) is 6.34. The second kappa shape index (κ2) is 5.33. The lowest BCUT2D eigenvalue weighted by Crippen LogP contribution is -2.25. The molecule has 0 aliphatic carbocycles. The zero-order valence-corrected chi connectivity index (χ0v) is 12.9. The van der Waals surface area contributed by atoms with Crippen LogP contribution in [-0.2, 0) is 6.54 Å². The van der Waals surface area contributed by atoms with Crippen molar-refractivity contribution in [2.45, 2.75) is 42.3 Å². The molecule has 0 amide bonds. The van der Waals surface area contributed by atoms with Crippen molar-refractivity contribution >= 4 is 34.4 Å². The summed E-state index contributed by atoms with van der Waals surface area (Å²) in [6, 6.07) is 2.76. The molecule has 0 saturated carbocycles. The third-order valence-electron chi connectivity index (χ3n) is 3.08. The first-order valence-corrected chi connectivity index (χ1v) is 8.68. The van der Waals surface area contributed by atoms with Crippen molar-refractivity contribution in [1.29, 1.82) is 0 Å². The molecule has 0 spiro atoms. The van der Waals surface area contributed by atoms with E-state index >= 15 is 0 Å². The molecule has 0 aromatic carbocycles. The number of thioether (sulfide) groups is 1. The highest BCUT2D eigenvalue weighted by Gasteiger charge is 2.25. The second-order valence-corrected chi connectivity index (χ2v) is 8.57. The molecule has 2 nitrogen and oxygen atoms in total. The maximum atomic E-state index is 4.42. The molecule has 0 saturated heterocycles. The molecule has 1 aliphatic heterocycles. The number of nitrogens with zero attached hydrogens (tertiary/aromatic N) is 1. The summed E-state index contributed by atoms with van der Waals surface area (Å²) in [6.07, 6.45) is 3.16. The molecule has 1 N–H and O–H groups in total. The standard InChI is InChI=1S/C13H16N2S3/c1-8-5-11(10-3-4-16-13(10)18-8)14-7-12-15-6-9(2)17-12/h3-4,6,8,11,14H,5,7H2,1-2H3/t8-,11?/m0/s1. The Morgan fingerprint density at radius 1 is 1.50 bits per heavy atom. The number of hydrogen-bond acceptors (Lipinski definition) is 5. The fourth-order valence-electron chi connectivity index (χ4n) is 2.24. The highest BCUT2D eigenvalue weighted by Crippen LogP contribution is 2.43. The Balaban J connectivity index is 1.70. The van der Waals surface area contributed by atoms with Crippen LogP contribution in [0.2, 0.25) is 0 Å². The zero-order valence-electron chi connectivity index (χ0n) is 10.5. The van der Waals surface area contributed by atoms with Crippen LogP contribution in [0.25, 0.3) is 0 Å². The highest BCUT2D eigenvalue weighted by atomic mass is 32.2. The molecule has 1 aliphatic rings. The van der Waals surface area contributed by atoms with E-state index in [0.29, 0.717) is 11.3 Å². The second-order valence-electron chi connectivity index (χ2n) is 4.63. The van der Waals surface area contributed by atoms with Gasteiger partial charge >= 0.3 is 0 Å². The van der Waals surface area contributed by atoms with Gasteiger partial charge < -0.3 is 5.32 Å². The number of nitrogens with one attached hydrogen (secondary N) is 1. The van der Waals surface area contributed by atoms with Crippen LogP contribution >= 0.6 is 34.4 Å². The van der Waals surface area contributed by atoms with Gasteiger partial charge in [0.05, 0.1) is 4.21 Å². The van der Waals surface area contributed by atoms with Crippen LogP contribution in [0.4, 0.5) is 0 Å². The van der Waals surface area contributed by atoms with E-state index < -0.39 is 0 Å². The molecule has 2 atom stereocenters. The van der Waals surface area contributed by atoms with Crippen molar-refractivity contribution in [2.24, 2.45) is 0 Å². The number of rotatable bonds is 3. The third kappa shape index (κ3) is 2.64. The van der Waals surface area contributed by atoms with Crippen molar-refractivity contribution in [2.75, 3.05) is 0 Å². The van der Waals surface area contributed by atoms with Gasteiger partial charge in [0.25, 0.3) is 0 Å². The van der Waals surface area contributed by atoms with E-state index in [-0.39, 0.29) is 0 Å². The molecule has 96 valence electrons. The van der Waals surface area contributed by atoms with Crippen molar-refractivity contribution in [3.63, 3.8) is 0 Å². The summed E-state index contributed by atoms with van der Waals surface area (Å²) in [5.41, 5.74) is 1.48. The van der Waals surface area contributed by atoms with Gasteiger partial charge in [-0.25, -0.2) is 4.98 Å². The van der Waals surface area contributed by atoms with Gasteiger partial charge in [-0.2, -0.15) is 0 Å². The van der Waals surface area contributed by atoms with Gasteiger partial charge in [-0.15, -0.1) is 34.4 Å². The molecule has 2 aromatic rings. The predicted octanol–water partition coefficient (Wildman–Crippen LogP) is 4.23. The summed E-state index contributed by atoms with van der Waals surface area (Å²) in [5.74, 6) is 0. The quantitative estimate of drug-likeness (QED) is 0.917. The maximum absolute atomic E-state index is 4.42. The van der Waals surface area contributed by atoms with Crippen LogP contribution < -0.4 is 5.32 Å². The summed E-state index contributed by atoms with van der Waals surface area (Å²) in [5, 5.41) is 7.76. The van der Waals surface area contributed by atoms with E-state index in [9.17, 15) is 0 Å². The Labute approximate surface area is 120 Å². The van der Waals surface area contributed by atoms with Gasteiger partial charge in [0.1, 0.15) is 5.01 Å². The van der Waals surface area contributed by atoms with Gasteiger partial charge in [-0.1, -0.05) is 6.92 Å². The van der Waals surface area contributed by atoms with E-state index in [0.717, 1.165) is 6.54 Å². The van der Waals surface area contributed by atoms with Crippen LogP contribution in [0, 0.1) is 6.92 Å². The molecule has 1 unspecified atom stereocenters. The smallest absolute Gasteiger partial charge is 0.107 e.